The summed E-state index contributed by atoms with van der Waals surface area (Å²) in [6, 6.07) is 0. The molecule has 2 aromatic rings. The molecule has 0 unspecified atom stereocenters. The molecule has 2 rings (SSSR count). The van der Waals surface area contributed by atoms with Gasteiger partial charge in [-0.05, 0) is 131 Å². The van der Waals surface area contributed by atoms with Gasteiger partial charge in [0.2, 0.25) is 0 Å². The van der Waals surface area contributed by atoms with Crippen LogP contribution in [0.3, 0.4) is 0 Å². The van der Waals surface area contributed by atoms with Crippen LogP contribution in [-0.2, 0) is 4.79 Å². The Morgan fingerprint density at radius 3 is 1.68 bits per heavy atom. The Hall–Kier alpha value is -2.29. The van der Waals surface area contributed by atoms with Crippen molar-refractivity contribution in [1.82, 2.24) is 0 Å². The summed E-state index contributed by atoms with van der Waals surface area (Å²) in [5.41, 5.74) is 9.64. The van der Waals surface area contributed by atoms with Crippen molar-refractivity contribution in [1.29, 1.82) is 0 Å². The molecule has 28 heavy (non-hydrogen) atoms. The molecule has 0 aliphatic carbocycles. The van der Waals surface area contributed by atoms with Crippen LogP contribution in [0.2, 0.25) is 0 Å². The quantitative estimate of drug-likeness (QED) is 0.636. The lowest BCUT2D eigenvalue weighted by Crippen LogP contribution is -2.38. The van der Waals surface area contributed by atoms with Crippen molar-refractivity contribution in [2.24, 2.45) is 0 Å². The van der Waals surface area contributed by atoms with Gasteiger partial charge in [-0.1, -0.05) is 5.57 Å². The summed E-state index contributed by atoms with van der Waals surface area (Å²) in [6.45, 7) is 22.4. The van der Waals surface area contributed by atoms with Gasteiger partial charge >= 0.3 is 5.97 Å². The summed E-state index contributed by atoms with van der Waals surface area (Å²) in [5, 5.41) is 12.0. The lowest BCUT2D eigenvalue weighted by Gasteiger charge is -2.28. The van der Waals surface area contributed by atoms with Gasteiger partial charge in [0.05, 0.1) is 0 Å². The lowest BCUT2D eigenvalue weighted by molar-refractivity contribution is -0.152. The fourth-order valence-corrected chi connectivity index (χ4v) is 4.11. The van der Waals surface area contributed by atoms with Crippen molar-refractivity contribution in [3.8, 4) is 5.75 Å². The third kappa shape index (κ3) is 3.32. The average molecular weight is 383 g/mol. The van der Waals surface area contributed by atoms with Gasteiger partial charge in [0.15, 0.2) is 5.60 Å². The van der Waals surface area contributed by atoms with Gasteiger partial charge in [-0.3, -0.25) is 0 Å². The second kappa shape index (κ2) is 7.27. The monoisotopic (exact) mass is 382 g/mol. The van der Waals surface area contributed by atoms with E-state index in [0.29, 0.717) is 5.75 Å². The highest BCUT2D eigenvalue weighted by atomic mass is 16.5. The summed E-state index contributed by atoms with van der Waals surface area (Å²) in [6.07, 6.45) is 0. The van der Waals surface area contributed by atoms with Crippen molar-refractivity contribution >= 4 is 22.3 Å². The minimum absolute atomic E-state index is 0.686. The molecule has 0 saturated carbocycles. The van der Waals surface area contributed by atoms with Crippen molar-refractivity contribution in [2.75, 3.05) is 0 Å². The Bertz CT molecular complexity index is 1020. The van der Waals surface area contributed by atoms with Crippen LogP contribution in [-0.4, -0.2) is 16.7 Å². The summed E-state index contributed by atoms with van der Waals surface area (Å²) in [4.78, 5) is 11.6. The zero-order valence-electron chi connectivity index (χ0n) is 19.3. The summed E-state index contributed by atoms with van der Waals surface area (Å²) >= 11 is 0. The van der Waals surface area contributed by atoms with Gasteiger partial charge in [0.1, 0.15) is 5.75 Å². The molecule has 3 heteroatoms. The molecule has 0 radical (unpaired) electrons. The molecule has 2 aromatic carbocycles. The number of hydrogen-bond donors (Lipinski definition) is 1. The standard InChI is InChI=1S/C25H34O3/c1-12(2)13(3)20-14(4)15(5)22-19(9)23(28-25(10,11)24(26)27)17(7)16(6)21(22)18(20)8/h1-11H3,(H,26,27). The van der Waals surface area contributed by atoms with Crippen LogP contribution >= 0.6 is 0 Å². The number of carbonyl (C=O) groups is 1. The molecule has 0 bridgehead atoms. The molecule has 0 heterocycles. The predicted molar refractivity (Wildman–Crippen MR) is 119 cm³/mol. The van der Waals surface area contributed by atoms with Gasteiger partial charge < -0.3 is 9.84 Å². The second-order valence-electron chi connectivity index (χ2n) is 8.75. The van der Waals surface area contributed by atoms with E-state index < -0.39 is 11.6 Å². The second-order valence-corrected chi connectivity index (χ2v) is 8.75. The Morgan fingerprint density at radius 2 is 1.21 bits per heavy atom. The van der Waals surface area contributed by atoms with Crippen molar-refractivity contribution < 1.29 is 14.6 Å². The maximum Gasteiger partial charge on any atom is 0.347 e. The number of aryl methyl sites for hydroxylation is 4. The summed E-state index contributed by atoms with van der Waals surface area (Å²) in [5.74, 6) is -0.284. The highest BCUT2D eigenvalue weighted by molar-refractivity contribution is 6.00. The fraction of sp³-hybridized carbons (Fsp3) is 0.480. The molecule has 1 N–H and O–H groups in total. The molecule has 0 fully saturated rings. The van der Waals surface area contributed by atoms with E-state index in [0.717, 1.165) is 16.7 Å². The van der Waals surface area contributed by atoms with Crippen LogP contribution in [0.4, 0.5) is 0 Å². The van der Waals surface area contributed by atoms with E-state index in [2.05, 4.69) is 48.5 Å². The Kier molecular flexibility index (Phi) is 5.71. The molecule has 0 amide bonds. The lowest BCUT2D eigenvalue weighted by atomic mass is 9.82. The molecule has 3 nitrogen and oxygen atoms in total. The van der Waals surface area contributed by atoms with Gasteiger partial charge in [0, 0.05) is 0 Å². The van der Waals surface area contributed by atoms with Crippen molar-refractivity contribution in [3.63, 3.8) is 0 Å². The van der Waals surface area contributed by atoms with E-state index >= 15 is 0 Å². The van der Waals surface area contributed by atoms with Gasteiger partial charge in [-0.15, -0.1) is 0 Å². The molecule has 152 valence electrons. The van der Waals surface area contributed by atoms with E-state index in [9.17, 15) is 9.90 Å². The smallest absolute Gasteiger partial charge is 0.347 e. The van der Waals surface area contributed by atoms with E-state index in [1.807, 2.05) is 13.8 Å². The minimum Gasteiger partial charge on any atom is -0.478 e. The number of aliphatic carboxylic acids is 1. The number of ether oxygens (including phenoxy) is 1. The van der Waals surface area contributed by atoms with E-state index in [-0.39, 0.29) is 0 Å². The minimum atomic E-state index is -1.29. The number of benzene rings is 2. The Balaban J connectivity index is 3.02. The van der Waals surface area contributed by atoms with Crippen LogP contribution < -0.4 is 4.74 Å². The van der Waals surface area contributed by atoms with E-state index in [1.54, 1.807) is 13.8 Å². The molecule has 0 spiro atoms. The fourth-order valence-electron chi connectivity index (χ4n) is 4.11. The Morgan fingerprint density at radius 1 is 0.750 bits per heavy atom. The van der Waals surface area contributed by atoms with Crippen molar-refractivity contribution in [3.05, 3.63) is 44.5 Å². The molecule has 0 saturated heterocycles. The van der Waals surface area contributed by atoms with Crippen LogP contribution in [0.25, 0.3) is 16.3 Å². The number of allylic oxidation sites excluding steroid dienone is 2. The maximum atomic E-state index is 11.6. The Labute approximate surface area is 169 Å². The maximum absolute atomic E-state index is 11.6. The molecular weight excluding hydrogens is 348 g/mol. The first-order chi connectivity index (χ1) is 12.7. The largest absolute Gasteiger partial charge is 0.478 e. The number of carboxylic acid groups (broad SMARTS) is 1. The summed E-state index contributed by atoms with van der Waals surface area (Å²) < 4.78 is 6.06. The number of hydrogen-bond acceptors (Lipinski definition) is 2. The SMILES string of the molecule is CC(C)=C(C)c1c(C)c(C)c2c(C)c(OC(C)(C)C(=O)O)c(C)c(C)c2c1C. The first-order valence-electron chi connectivity index (χ1n) is 9.84. The van der Waals surface area contributed by atoms with E-state index in [4.69, 9.17) is 4.74 Å². The molecule has 0 aliphatic rings. The van der Waals surface area contributed by atoms with Gasteiger partial charge in [-0.2, -0.15) is 0 Å². The highest BCUT2D eigenvalue weighted by Gasteiger charge is 2.32. The molecule has 0 atom stereocenters. The first kappa shape index (κ1) is 22.0. The van der Waals surface area contributed by atoms with Gasteiger partial charge in [0.25, 0.3) is 0 Å². The van der Waals surface area contributed by atoms with Gasteiger partial charge in [-0.25, -0.2) is 4.79 Å². The predicted octanol–water partition coefficient (Wildman–Crippen LogP) is 6.75. The zero-order chi connectivity index (χ0) is 21.7. The summed E-state index contributed by atoms with van der Waals surface area (Å²) in [7, 11) is 0. The molecule has 0 aromatic heterocycles. The van der Waals surface area contributed by atoms with Crippen LogP contribution in [0.5, 0.6) is 5.75 Å². The van der Waals surface area contributed by atoms with Crippen LogP contribution in [0, 0.1) is 41.5 Å². The van der Waals surface area contributed by atoms with Crippen LogP contribution in [0.15, 0.2) is 5.57 Å². The zero-order valence-corrected chi connectivity index (χ0v) is 19.3. The third-order valence-corrected chi connectivity index (χ3v) is 6.30. The van der Waals surface area contributed by atoms with Crippen molar-refractivity contribution in [2.45, 2.75) is 81.8 Å². The number of carboxylic acids is 1. The number of rotatable bonds is 4. The topological polar surface area (TPSA) is 46.5 Å². The third-order valence-electron chi connectivity index (χ3n) is 6.30. The molecule has 0 aliphatic heterocycles. The first-order valence-corrected chi connectivity index (χ1v) is 9.84. The highest BCUT2D eigenvalue weighted by Crippen LogP contribution is 2.43. The molecular formula is C25H34O3. The van der Waals surface area contributed by atoms with E-state index in [1.165, 1.54) is 44.2 Å². The number of fused-ring (bicyclic) bond motifs is 1. The normalized spacial score (nSPS) is 11.7. The van der Waals surface area contributed by atoms with Crippen LogP contribution in [0.1, 0.15) is 73.6 Å². The average Bonchev–Trinajstić information content (AvgIpc) is 2.59.